The summed E-state index contributed by atoms with van der Waals surface area (Å²) in [7, 11) is 0. The summed E-state index contributed by atoms with van der Waals surface area (Å²) in [6.45, 7) is 23.1. The molecule has 0 N–H and O–H groups in total. The van der Waals surface area contributed by atoms with Gasteiger partial charge in [-0.25, -0.2) is 0 Å². The first-order valence-electron chi connectivity index (χ1n) is 14.4. The quantitative estimate of drug-likeness (QED) is 0.236. The SMILES string of the molecule is Cc1sc(-c2ccc(C(C)(C)C)cc2)c(C)c1C1=C(c2c(C)sc(-c3ccc(C(C)(C)C)cc3)c2C)CCC1. The first kappa shape index (κ1) is 28.1. The van der Waals surface area contributed by atoms with Gasteiger partial charge in [0.25, 0.3) is 0 Å². The second kappa shape index (κ2) is 10.2. The summed E-state index contributed by atoms with van der Waals surface area (Å²) < 4.78 is 0. The summed E-state index contributed by atoms with van der Waals surface area (Å²) in [6.07, 6.45) is 3.61. The highest BCUT2D eigenvalue weighted by atomic mass is 32.1. The van der Waals surface area contributed by atoms with Crippen molar-refractivity contribution in [2.45, 2.75) is 99.3 Å². The smallest absolute Gasteiger partial charge is 0.0381 e. The molecule has 204 valence electrons. The summed E-state index contributed by atoms with van der Waals surface area (Å²) >= 11 is 3.95. The Bertz CT molecular complexity index is 1420. The van der Waals surface area contributed by atoms with Crippen LogP contribution in [0.4, 0.5) is 0 Å². The minimum atomic E-state index is 0.178. The average Bonchev–Trinajstić information content (AvgIpc) is 3.53. The second-order valence-electron chi connectivity index (χ2n) is 13.4. The highest BCUT2D eigenvalue weighted by Gasteiger charge is 2.27. The Balaban J connectivity index is 1.56. The van der Waals surface area contributed by atoms with E-state index in [0.717, 1.165) is 0 Å². The molecule has 0 aliphatic heterocycles. The molecular weight excluding hydrogens is 509 g/mol. The van der Waals surface area contributed by atoms with Crippen molar-refractivity contribution in [2.75, 3.05) is 0 Å². The van der Waals surface area contributed by atoms with Crippen LogP contribution >= 0.6 is 22.7 Å². The molecule has 0 unspecified atom stereocenters. The van der Waals surface area contributed by atoms with Crippen LogP contribution in [0.15, 0.2) is 48.5 Å². The van der Waals surface area contributed by atoms with E-state index in [1.165, 1.54) is 83.3 Å². The molecule has 2 aromatic carbocycles. The first-order valence-corrected chi connectivity index (χ1v) is 16.0. The molecule has 1 aliphatic rings. The summed E-state index contributed by atoms with van der Waals surface area (Å²) in [5.41, 5.74) is 15.0. The third kappa shape index (κ3) is 5.23. The van der Waals surface area contributed by atoms with E-state index in [-0.39, 0.29) is 10.8 Å². The fourth-order valence-electron chi connectivity index (χ4n) is 6.28. The normalized spacial score (nSPS) is 14.5. The maximum Gasteiger partial charge on any atom is 0.0381 e. The fourth-order valence-corrected chi connectivity index (χ4v) is 8.67. The molecule has 1 aliphatic carbocycles. The third-order valence-corrected chi connectivity index (χ3v) is 11.0. The topological polar surface area (TPSA) is 0 Å². The number of hydrogen-bond donors (Lipinski definition) is 0. The molecule has 0 saturated heterocycles. The lowest BCUT2D eigenvalue weighted by atomic mass is 9.86. The minimum Gasteiger partial charge on any atom is -0.140 e. The van der Waals surface area contributed by atoms with Crippen LogP contribution in [0.5, 0.6) is 0 Å². The second-order valence-corrected chi connectivity index (χ2v) is 15.9. The fraction of sp³-hybridized carbons (Fsp3) is 0.405. The van der Waals surface area contributed by atoms with E-state index in [1.807, 2.05) is 22.7 Å². The first-order chi connectivity index (χ1) is 18.3. The molecular formula is C37H44S2. The molecule has 2 heteroatoms. The standard InChI is InChI=1S/C37H44S2/c1-22-32(24(3)38-34(22)26-14-18-28(19-15-26)36(5,6)7)30-12-11-13-31(30)33-23(2)35(39-25(33)4)27-16-20-29(21-17-27)37(8,9)10/h14-21H,11-13H2,1-10H3. The van der Waals surface area contributed by atoms with Crippen molar-refractivity contribution >= 4 is 33.8 Å². The molecule has 0 radical (unpaired) electrons. The van der Waals surface area contributed by atoms with Gasteiger partial charge in [-0.2, -0.15) is 0 Å². The Morgan fingerprint density at radius 2 is 0.846 bits per heavy atom. The van der Waals surface area contributed by atoms with Gasteiger partial charge in [0.15, 0.2) is 0 Å². The highest BCUT2D eigenvalue weighted by molar-refractivity contribution is 7.16. The van der Waals surface area contributed by atoms with Gasteiger partial charge in [-0.1, -0.05) is 90.1 Å². The van der Waals surface area contributed by atoms with Crippen molar-refractivity contribution in [3.8, 4) is 20.9 Å². The molecule has 0 fully saturated rings. The number of hydrogen-bond acceptors (Lipinski definition) is 2. The molecule has 2 heterocycles. The molecule has 0 spiro atoms. The van der Waals surface area contributed by atoms with Gasteiger partial charge < -0.3 is 0 Å². The number of allylic oxidation sites excluding steroid dienone is 2. The molecule has 2 aromatic heterocycles. The monoisotopic (exact) mass is 552 g/mol. The maximum atomic E-state index is 2.35. The summed E-state index contributed by atoms with van der Waals surface area (Å²) in [4.78, 5) is 5.78. The van der Waals surface area contributed by atoms with Crippen LogP contribution in [0.3, 0.4) is 0 Å². The van der Waals surface area contributed by atoms with Gasteiger partial charge in [0.2, 0.25) is 0 Å². The van der Waals surface area contributed by atoms with E-state index >= 15 is 0 Å². The highest BCUT2D eigenvalue weighted by Crippen LogP contribution is 2.50. The van der Waals surface area contributed by atoms with E-state index in [9.17, 15) is 0 Å². The molecule has 4 aromatic rings. The van der Waals surface area contributed by atoms with Gasteiger partial charge in [0, 0.05) is 19.5 Å². The van der Waals surface area contributed by atoms with Crippen LogP contribution in [0.1, 0.15) is 104 Å². The van der Waals surface area contributed by atoms with Crippen molar-refractivity contribution in [3.63, 3.8) is 0 Å². The van der Waals surface area contributed by atoms with E-state index < -0.39 is 0 Å². The lowest BCUT2D eigenvalue weighted by molar-refractivity contribution is 0.590. The molecule has 0 saturated carbocycles. The van der Waals surface area contributed by atoms with Gasteiger partial charge >= 0.3 is 0 Å². The van der Waals surface area contributed by atoms with Crippen LogP contribution in [0, 0.1) is 27.7 Å². The number of thiophene rings is 2. The number of rotatable bonds is 4. The molecule has 0 bridgehead atoms. The van der Waals surface area contributed by atoms with E-state index in [1.54, 1.807) is 11.1 Å². The van der Waals surface area contributed by atoms with Crippen LogP contribution in [0.25, 0.3) is 32.0 Å². The minimum absolute atomic E-state index is 0.178. The Kier molecular flexibility index (Phi) is 7.36. The Morgan fingerprint density at radius 3 is 1.15 bits per heavy atom. The zero-order chi connectivity index (χ0) is 28.3. The van der Waals surface area contributed by atoms with Crippen molar-refractivity contribution in [1.82, 2.24) is 0 Å². The zero-order valence-corrected chi connectivity index (χ0v) is 27.2. The summed E-state index contributed by atoms with van der Waals surface area (Å²) in [6, 6.07) is 18.6. The summed E-state index contributed by atoms with van der Waals surface area (Å²) in [5, 5.41) is 0. The van der Waals surface area contributed by atoms with Crippen LogP contribution in [-0.4, -0.2) is 0 Å². The van der Waals surface area contributed by atoms with Crippen molar-refractivity contribution < 1.29 is 0 Å². The Hall–Kier alpha value is -2.42. The lowest BCUT2D eigenvalue weighted by Gasteiger charge is -2.19. The van der Waals surface area contributed by atoms with Crippen molar-refractivity contribution in [3.05, 3.63) is 91.7 Å². The van der Waals surface area contributed by atoms with E-state index in [2.05, 4.69) is 118 Å². The van der Waals surface area contributed by atoms with Crippen LogP contribution in [0.2, 0.25) is 0 Å². The Labute approximate surface area is 244 Å². The van der Waals surface area contributed by atoms with Gasteiger partial charge in [-0.05, 0) is 113 Å². The van der Waals surface area contributed by atoms with E-state index in [4.69, 9.17) is 0 Å². The van der Waals surface area contributed by atoms with Crippen LogP contribution in [-0.2, 0) is 10.8 Å². The largest absolute Gasteiger partial charge is 0.140 e. The molecule has 0 nitrogen and oxygen atoms in total. The average molecular weight is 553 g/mol. The maximum absolute atomic E-state index is 2.35. The van der Waals surface area contributed by atoms with Crippen molar-refractivity contribution in [2.24, 2.45) is 0 Å². The predicted molar refractivity (Wildman–Crippen MR) is 177 cm³/mol. The van der Waals surface area contributed by atoms with Crippen LogP contribution < -0.4 is 0 Å². The lowest BCUT2D eigenvalue weighted by Crippen LogP contribution is -2.10. The van der Waals surface area contributed by atoms with E-state index in [0.29, 0.717) is 0 Å². The molecule has 0 atom stereocenters. The summed E-state index contributed by atoms with van der Waals surface area (Å²) in [5.74, 6) is 0. The van der Waals surface area contributed by atoms with Gasteiger partial charge in [0.1, 0.15) is 0 Å². The van der Waals surface area contributed by atoms with Gasteiger partial charge in [-0.15, -0.1) is 22.7 Å². The molecule has 5 rings (SSSR count). The van der Waals surface area contributed by atoms with Gasteiger partial charge in [-0.3, -0.25) is 0 Å². The Morgan fingerprint density at radius 1 is 0.513 bits per heavy atom. The zero-order valence-electron chi connectivity index (χ0n) is 25.6. The molecule has 39 heavy (non-hydrogen) atoms. The molecule has 0 amide bonds. The van der Waals surface area contributed by atoms with Gasteiger partial charge in [0.05, 0.1) is 0 Å². The number of benzene rings is 2. The number of aryl methyl sites for hydroxylation is 2. The van der Waals surface area contributed by atoms with Crippen molar-refractivity contribution in [1.29, 1.82) is 0 Å². The third-order valence-electron chi connectivity index (χ3n) is 8.49. The predicted octanol–water partition coefficient (Wildman–Crippen LogP) is 12.1.